The number of carbonyl (C=O) groups is 2. The zero-order valence-corrected chi connectivity index (χ0v) is 19.9. The van der Waals surface area contributed by atoms with Gasteiger partial charge in [0.05, 0.1) is 29.8 Å². The molecule has 0 aliphatic carbocycles. The van der Waals surface area contributed by atoms with E-state index in [4.69, 9.17) is 15.2 Å². The quantitative estimate of drug-likeness (QED) is 0.501. The Bertz CT molecular complexity index is 1150. The molecule has 13 heteroatoms. The van der Waals surface area contributed by atoms with Gasteiger partial charge >= 0.3 is 6.36 Å². The van der Waals surface area contributed by atoms with E-state index in [0.717, 1.165) is 12.1 Å². The third-order valence-corrected chi connectivity index (χ3v) is 7.20. The van der Waals surface area contributed by atoms with Gasteiger partial charge in [-0.1, -0.05) is 0 Å². The Balaban J connectivity index is 1.59. The van der Waals surface area contributed by atoms with E-state index in [1.54, 1.807) is 4.90 Å². The lowest BCUT2D eigenvalue weighted by Gasteiger charge is -2.27. The Kier molecular flexibility index (Phi) is 8.79. The molecule has 0 spiro atoms. The smallest absolute Gasteiger partial charge is 0.457 e. The van der Waals surface area contributed by atoms with E-state index in [1.807, 2.05) is 0 Å². The first-order chi connectivity index (χ1) is 16.9. The second-order valence-electron chi connectivity index (χ2n) is 8.01. The fraction of sp³-hybridized carbons (Fsp3) is 0.391. The van der Waals surface area contributed by atoms with Crippen molar-refractivity contribution in [1.82, 2.24) is 4.90 Å². The topological polar surface area (TPSA) is 125 Å². The molecule has 2 N–H and O–H groups in total. The first-order valence-corrected chi connectivity index (χ1v) is 12.6. The number of hydrogen-bond acceptors (Lipinski definition) is 7. The molecule has 36 heavy (non-hydrogen) atoms. The number of nitrogens with zero attached hydrogens (tertiary/aromatic N) is 1. The zero-order chi connectivity index (χ0) is 26.3. The molecule has 0 saturated carbocycles. The minimum Gasteiger partial charge on any atom is -0.457 e. The maximum Gasteiger partial charge on any atom is 0.573 e. The van der Waals surface area contributed by atoms with Crippen molar-refractivity contribution in [2.24, 2.45) is 11.7 Å². The van der Waals surface area contributed by atoms with Gasteiger partial charge in [-0.3, -0.25) is 9.59 Å². The van der Waals surface area contributed by atoms with Crippen LogP contribution in [-0.4, -0.2) is 63.6 Å². The Morgan fingerprint density at radius 2 is 1.50 bits per heavy atom. The summed E-state index contributed by atoms with van der Waals surface area (Å²) in [4.78, 5) is 25.7. The van der Waals surface area contributed by atoms with Crippen LogP contribution in [0.3, 0.4) is 0 Å². The SMILES string of the molecule is NC(=O)C(CCC(=O)N1CCOCC1)CS(=O)(=O)c1ccc(Oc2ccc(OC(F)(F)F)cc2)cc1. The Morgan fingerprint density at radius 1 is 0.972 bits per heavy atom. The van der Waals surface area contributed by atoms with Crippen molar-refractivity contribution in [2.75, 3.05) is 32.1 Å². The highest BCUT2D eigenvalue weighted by Crippen LogP contribution is 2.28. The van der Waals surface area contributed by atoms with E-state index in [1.165, 1.54) is 36.4 Å². The molecule has 1 saturated heterocycles. The molecule has 2 aromatic carbocycles. The van der Waals surface area contributed by atoms with E-state index in [-0.39, 0.29) is 35.1 Å². The molecule has 1 aliphatic rings. The summed E-state index contributed by atoms with van der Waals surface area (Å²) in [6.45, 7) is 1.74. The number of sulfone groups is 1. The molecule has 1 fully saturated rings. The molecule has 0 bridgehead atoms. The minimum atomic E-state index is -4.81. The molecule has 1 unspecified atom stereocenters. The highest BCUT2D eigenvalue weighted by molar-refractivity contribution is 7.91. The average molecular weight is 531 g/mol. The molecule has 196 valence electrons. The van der Waals surface area contributed by atoms with Crippen molar-refractivity contribution in [3.8, 4) is 17.2 Å². The molecule has 0 radical (unpaired) electrons. The largest absolute Gasteiger partial charge is 0.573 e. The van der Waals surface area contributed by atoms with Gasteiger partial charge in [-0.25, -0.2) is 8.42 Å². The van der Waals surface area contributed by atoms with Gasteiger partial charge in [0.25, 0.3) is 0 Å². The van der Waals surface area contributed by atoms with Crippen molar-refractivity contribution in [3.05, 3.63) is 48.5 Å². The number of ether oxygens (including phenoxy) is 3. The number of primary amides is 1. The highest BCUT2D eigenvalue weighted by atomic mass is 32.2. The number of morpholine rings is 1. The van der Waals surface area contributed by atoms with Crippen molar-refractivity contribution < 1.29 is 45.4 Å². The van der Waals surface area contributed by atoms with E-state index in [9.17, 15) is 31.2 Å². The summed E-state index contributed by atoms with van der Waals surface area (Å²) in [6.07, 6.45) is -4.82. The van der Waals surface area contributed by atoms with Crippen LogP contribution < -0.4 is 15.2 Å². The van der Waals surface area contributed by atoms with E-state index >= 15 is 0 Å². The van der Waals surface area contributed by atoms with Gasteiger partial charge in [0.1, 0.15) is 17.2 Å². The fourth-order valence-electron chi connectivity index (χ4n) is 3.50. The van der Waals surface area contributed by atoms with Crippen molar-refractivity contribution >= 4 is 21.7 Å². The summed E-state index contributed by atoms with van der Waals surface area (Å²) in [5.41, 5.74) is 5.40. The van der Waals surface area contributed by atoms with Crippen molar-refractivity contribution in [3.63, 3.8) is 0 Å². The van der Waals surface area contributed by atoms with Gasteiger partial charge in [0, 0.05) is 19.5 Å². The summed E-state index contributed by atoms with van der Waals surface area (Å²) >= 11 is 0. The monoisotopic (exact) mass is 530 g/mol. The summed E-state index contributed by atoms with van der Waals surface area (Å²) in [7, 11) is -3.91. The van der Waals surface area contributed by atoms with Crippen LogP contribution in [-0.2, 0) is 24.2 Å². The summed E-state index contributed by atoms with van der Waals surface area (Å²) in [5.74, 6) is -2.58. The Hall–Kier alpha value is -3.32. The van der Waals surface area contributed by atoms with Crippen LogP contribution >= 0.6 is 0 Å². The maximum atomic E-state index is 12.8. The standard InChI is InChI=1S/C23H25F3N2O7S/c24-23(25,26)35-19-4-2-17(3-5-19)34-18-6-8-20(9-7-18)36(31,32)15-16(22(27)30)1-10-21(29)28-11-13-33-14-12-28/h2-9,16H,1,10-15H2,(H2,27,30). The third kappa shape index (κ3) is 8.12. The van der Waals surface area contributed by atoms with Crippen LogP contribution in [0, 0.1) is 5.92 Å². The second-order valence-corrected chi connectivity index (χ2v) is 10.0. The molecular formula is C23H25F3N2O7S. The van der Waals surface area contributed by atoms with E-state index in [2.05, 4.69) is 4.74 Å². The first kappa shape index (κ1) is 27.3. The Morgan fingerprint density at radius 3 is 2.03 bits per heavy atom. The number of rotatable bonds is 10. The maximum absolute atomic E-state index is 12.8. The minimum absolute atomic E-state index is 0.00000311. The average Bonchev–Trinajstić information content (AvgIpc) is 2.82. The molecule has 9 nitrogen and oxygen atoms in total. The third-order valence-electron chi connectivity index (χ3n) is 5.37. The lowest BCUT2D eigenvalue weighted by Crippen LogP contribution is -2.41. The first-order valence-electron chi connectivity index (χ1n) is 10.9. The number of carbonyl (C=O) groups excluding carboxylic acids is 2. The second kappa shape index (κ2) is 11.6. The van der Waals surface area contributed by atoms with Crippen LogP contribution in [0.4, 0.5) is 13.2 Å². The number of nitrogens with two attached hydrogens (primary N) is 1. The molecule has 1 heterocycles. The highest BCUT2D eigenvalue weighted by Gasteiger charge is 2.31. The van der Waals surface area contributed by atoms with Gasteiger partial charge in [-0.2, -0.15) is 0 Å². The van der Waals surface area contributed by atoms with Crippen LogP contribution in [0.5, 0.6) is 17.2 Å². The van der Waals surface area contributed by atoms with Gasteiger partial charge < -0.3 is 24.8 Å². The normalized spacial score (nSPS) is 15.2. The lowest BCUT2D eigenvalue weighted by molar-refractivity contribution is -0.274. The summed E-state index contributed by atoms with van der Waals surface area (Å²) in [5, 5.41) is 0. The Labute approximate surface area is 205 Å². The number of alkyl halides is 3. The van der Waals surface area contributed by atoms with Gasteiger partial charge in [-0.05, 0) is 55.0 Å². The predicted molar refractivity (Wildman–Crippen MR) is 121 cm³/mol. The molecule has 3 rings (SSSR count). The van der Waals surface area contributed by atoms with Crippen molar-refractivity contribution in [1.29, 1.82) is 0 Å². The number of hydrogen-bond donors (Lipinski definition) is 1. The van der Waals surface area contributed by atoms with Gasteiger partial charge in [0.15, 0.2) is 9.84 Å². The van der Waals surface area contributed by atoms with Crippen LogP contribution in [0.25, 0.3) is 0 Å². The van der Waals surface area contributed by atoms with E-state index in [0.29, 0.717) is 26.3 Å². The van der Waals surface area contributed by atoms with Gasteiger partial charge in [-0.15, -0.1) is 13.2 Å². The number of amides is 2. The number of halogens is 3. The molecule has 1 aliphatic heterocycles. The van der Waals surface area contributed by atoms with Crippen LogP contribution in [0.2, 0.25) is 0 Å². The molecule has 2 amide bonds. The molecule has 0 aromatic heterocycles. The fourth-order valence-corrected chi connectivity index (χ4v) is 5.10. The predicted octanol–water partition coefficient (Wildman–Crippen LogP) is 2.89. The lowest BCUT2D eigenvalue weighted by atomic mass is 10.0. The molecular weight excluding hydrogens is 505 g/mol. The summed E-state index contributed by atoms with van der Waals surface area (Å²) < 4.78 is 77.0. The van der Waals surface area contributed by atoms with E-state index < -0.39 is 39.5 Å². The zero-order valence-electron chi connectivity index (χ0n) is 19.1. The van der Waals surface area contributed by atoms with Crippen LogP contribution in [0.15, 0.2) is 53.4 Å². The number of benzene rings is 2. The van der Waals surface area contributed by atoms with Gasteiger partial charge in [0.2, 0.25) is 11.8 Å². The summed E-state index contributed by atoms with van der Waals surface area (Å²) in [6, 6.07) is 9.99. The molecule has 1 atom stereocenters. The van der Waals surface area contributed by atoms with Crippen molar-refractivity contribution in [2.45, 2.75) is 24.1 Å². The van der Waals surface area contributed by atoms with Crippen LogP contribution in [0.1, 0.15) is 12.8 Å². The molecule has 2 aromatic rings.